The van der Waals surface area contributed by atoms with Gasteiger partial charge in [0.15, 0.2) is 5.96 Å². The molecule has 0 aliphatic carbocycles. The Morgan fingerprint density at radius 2 is 1.70 bits per heavy atom. The maximum atomic E-state index is 5.94. The molecule has 1 saturated heterocycles. The minimum atomic E-state index is 0. The molecule has 1 aliphatic heterocycles. The monoisotopic (exact) mass is 501 g/mol. The van der Waals surface area contributed by atoms with E-state index < -0.39 is 0 Å². The van der Waals surface area contributed by atoms with Gasteiger partial charge in [-0.25, -0.2) is 0 Å². The minimum Gasteiger partial charge on any atom is -0.385 e. The van der Waals surface area contributed by atoms with Gasteiger partial charge in [0.25, 0.3) is 0 Å². The van der Waals surface area contributed by atoms with Gasteiger partial charge in [-0.3, -0.25) is 4.99 Å². The van der Waals surface area contributed by atoms with E-state index in [1.165, 1.54) is 0 Å². The molecule has 0 saturated carbocycles. The lowest BCUT2D eigenvalue weighted by atomic mass is 10.1. The standard InChI is InChI=1S/C19H39N3O4.HI/c1-4-20-19(21-10-5-6-14-25-17-16-24-3)22-11-8-18(9-12-22)26-15-7-13-23-2;/h18H,4-17H2,1-3H3,(H,20,21);1H. The average Bonchev–Trinajstić information content (AvgIpc) is 2.67. The summed E-state index contributed by atoms with van der Waals surface area (Å²) in [6.45, 7) is 9.52. The third-order valence-corrected chi connectivity index (χ3v) is 4.31. The lowest BCUT2D eigenvalue weighted by Crippen LogP contribution is -2.47. The number of hydrogen-bond acceptors (Lipinski definition) is 5. The minimum absolute atomic E-state index is 0. The van der Waals surface area contributed by atoms with Crippen molar-refractivity contribution in [1.82, 2.24) is 10.2 Å². The summed E-state index contributed by atoms with van der Waals surface area (Å²) >= 11 is 0. The third-order valence-electron chi connectivity index (χ3n) is 4.31. The molecule has 1 rings (SSSR count). The van der Waals surface area contributed by atoms with Crippen LogP contribution in [0, 0.1) is 0 Å². The van der Waals surface area contributed by atoms with Crippen LogP contribution in [-0.4, -0.2) is 90.4 Å². The van der Waals surface area contributed by atoms with Crippen molar-refractivity contribution in [3.8, 4) is 0 Å². The predicted molar refractivity (Wildman–Crippen MR) is 120 cm³/mol. The highest BCUT2D eigenvalue weighted by atomic mass is 127. The van der Waals surface area contributed by atoms with Crippen molar-refractivity contribution in [2.75, 3.05) is 73.4 Å². The summed E-state index contributed by atoms with van der Waals surface area (Å²) < 4.78 is 21.4. The molecule has 0 radical (unpaired) electrons. The van der Waals surface area contributed by atoms with Gasteiger partial charge in [0, 0.05) is 60.2 Å². The van der Waals surface area contributed by atoms with Gasteiger partial charge in [0.05, 0.1) is 19.3 Å². The highest BCUT2D eigenvalue weighted by Crippen LogP contribution is 2.14. The van der Waals surface area contributed by atoms with Crippen LogP contribution in [0.15, 0.2) is 4.99 Å². The molecule has 1 aliphatic rings. The summed E-state index contributed by atoms with van der Waals surface area (Å²) in [6.07, 6.45) is 5.53. The number of nitrogens with one attached hydrogen (secondary N) is 1. The first-order valence-electron chi connectivity index (χ1n) is 10.0. The number of ether oxygens (including phenoxy) is 4. The molecule has 1 N–H and O–H groups in total. The van der Waals surface area contributed by atoms with Crippen LogP contribution in [0.1, 0.15) is 39.0 Å². The van der Waals surface area contributed by atoms with Crippen molar-refractivity contribution in [3.05, 3.63) is 0 Å². The molecule has 1 heterocycles. The number of methoxy groups -OCH3 is 2. The Morgan fingerprint density at radius 1 is 0.963 bits per heavy atom. The van der Waals surface area contributed by atoms with Crippen molar-refractivity contribution in [1.29, 1.82) is 0 Å². The van der Waals surface area contributed by atoms with Crippen molar-refractivity contribution in [3.63, 3.8) is 0 Å². The van der Waals surface area contributed by atoms with E-state index in [1.807, 2.05) is 0 Å². The Labute approximate surface area is 182 Å². The Morgan fingerprint density at radius 3 is 2.37 bits per heavy atom. The van der Waals surface area contributed by atoms with E-state index in [0.717, 1.165) is 84.1 Å². The number of piperidine rings is 1. The molecule has 0 aromatic heterocycles. The van der Waals surface area contributed by atoms with Crippen molar-refractivity contribution in [2.24, 2.45) is 4.99 Å². The second-order valence-corrected chi connectivity index (χ2v) is 6.45. The summed E-state index contributed by atoms with van der Waals surface area (Å²) in [6, 6.07) is 0. The van der Waals surface area contributed by atoms with Gasteiger partial charge in [0.2, 0.25) is 0 Å². The Balaban J connectivity index is 0.00000676. The zero-order valence-electron chi connectivity index (χ0n) is 17.4. The van der Waals surface area contributed by atoms with Crippen LogP contribution >= 0.6 is 24.0 Å². The number of rotatable bonds is 14. The second kappa shape index (κ2) is 19.2. The van der Waals surface area contributed by atoms with E-state index in [0.29, 0.717) is 19.3 Å². The van der Waals surface area contributed by atoms with Gasteiger partial charge in [-0.05, 0) is 39.0 Å². The zero-order chi connectivity index (χ0) is 18.9. The maximum Gasteiger partial charge on any atom is 0.193 e. The van der Waals surface area contributed by atoms with Gasteiger partial charge in [-0.1, -0.05) is 0 Å². The molecule has 0 bridgehead atoms. The van der Waals surface area contributed by atoms with Gasteiger partial charge in [-0.15, -0.1) is 24.0 Å². The number of nitrogens with zero attached hydrogens (tertiary/aromatic N) is 2. The van der Waals surface area contributed by atoms with Crippen LogP contribution < -0.4 is 5.32 Å². The molecule has 7 nitrogen and oxygen atoms in total. The van der Waals surface area contributed by atoms with E-state index in [2.05, 4.69) is 17.1 Å². The highest BCUT2D eigenvalue weighted by molar-refractivity contribution is 14.0. The molecule has 0 amide bonds. The quantitative estimate of drug-likeness (QED) is 0.171. The average molecular weight is 501 g/mol. The Bertz CT molecular complexity index is 354. The van der Waals surface area contributed by atoms with E-state index in [-0.39, 0.29) is 24.0 Å². The number of hydrogen-bond donors (Lipinski definition) is 1. The fourth-order valence-corrected chi connectivity index (χ4v) is 2.86. The summed E-state index contributed by atoms with van der Waals surface area (Å²) in [5.41, 5.74) is 0. The normalized spacial score (nSPS) is 15.7. The molecule has 0 unspecified atom stereocenters. The summed E-state index contributed by atoms with van der Waals surface area (Å²) in [4.78, 5) is 7.13. The maximum absolute atomic E-state index is 5.94. The van der Waals surface area contributed by atoms with E-state index in [9.17, 15) is 0 Å². The number of halogens is 1. The van der Waals surface area contributed by atoms with Gasteiger partial charge in [-0.2, -0.15) is 0 Å². The molecule has 0 atom stereocenters. The van der Waals surface area contributed by atoms with E-state index in [4.69, 9.17) is 23.9 Å². The molecule has 0 aromatic rings. The van der Waals surface area contributed by atoms with Crippen LogP contribution in [-0.2, 0) is 18.9 Å². The molecular weight excluding hydrogens is 461 g/mol. The molecular formula is C19H40IN3O4. The topological polar surface area (TPSA) is 64.6 Å². The predicted octanol–water partition coefficient (Wildman–Crippen LogP) is 2.53. The highest BCUT2D eigenvalue weighted by Gasteiger charge is 2.21. The summed E-state index contributed by atoms with van der Waals surface area (Å²) in [5, 5.41) is 3.42. The van der Waals surface area contributed by atoms with Crippen LogP contribution in [0.2, 0.25) is 0 Å². The van der Waals surface area contributed by atoms with Gasteiger partial charge in [0.1, 0.15) is 0 Å². The van der Waals surface area contributed by atoms with Crippen LogP contribution in [0.4, 0.5) is 0 Å². The van der Waals surface area contributed by atoms with E-state index >= 15 is 0 Å². The fraction of sp³-hybridized carbons (Fsp3) is 0.947. The van der Waals surface area contributed by atoms with Gasteiger partial charge < -0.3 is 29.2 Å². The van der Waals surface area contributed by atoms with Gasteiger partial charge >= 0.3 is 0 Å². The molecule has 8 heteroatoms. The molecule has 162 valence electrons. The lowest BCUT2D eigenvalue weighted by molar-refractivity contribution is 0.00990. The zero-order valence-corrected chi connectivity index (χ0v) is 19.7. The Kier molecular flexibility index (Phi) is 19.1. The lowest BCUT2D eigenvalue weighted by Gasteiger charge is -2.34. The molecule has 0 spiro atoms. The fourth-order valence-electron chi connectivity index (χ4n) is 2.86. The molecule has 0 aromatic carbocycles. The third kappa shape index (κ3) is 13.6. The first-order valence-corrected chi connectivity index (χ1v) is 10.0. The van der Waals surface area contributed by atoms with Crippen molar-refractivity contribution in [2.45, 2.75) is 45.1 Å². The van der Waals surface area contributed by atoms with E-state index in [1.54, 1.807) is 14.2 Å². The number of aliphatic imine (C=N–C) groups is 1. The first kappa shape index (κ1) is 26.8. The van der Waals surface area contributed by atoms with Crippen LogP contribution in [0.3, 0.4) is 0 Å². The first-order chi connectivity index (χ1) is 12.8. The smallest absolute Gasteiger partial charge is 0.193 e. The van der Waals surface area contributed by atoms with Crippen LogP contribution in [0.25, 0.3) is 0 Å². The summed E-state index contributed by atoms with van der Waals surface area (Å²) in [7, 11) is 3.42. The SMILES string of the molecule is CCNC(=NCCCCOCCOC)N1CCC(OCCCOC)CC1.I. The molecule has 1 fully saturated rings. The van der Waals surface area contributed by atoms with Crippen molar-refractivity contribution < 1.29 is 18.9 Å². The Hall–Kier alpha value is -0.160. The second-order valence-electron chi connectivity index (χ2n) is 6.45. The van der Waals surface area contributed by atoms with Crippen LogP contribution in [0.5, 0.6) is 0 Å². The molecule has 27 heavy (non-hydrogen) atoms. The number of guanidine groups is 1. The number of unbranched alkanes of at least 4 members (excludes halogenated alkanes) is 1. The summed E-state index contributed by atoms with van der Waals surface area (Å²) in [5.74, 6) is 1.03. The number of likely N-dealkylation sites (tertiary alicyclic amines) is 1. The largest absolute Gasteiger partial charge is 0.385 e. The van der Waals surface area contributed by atoms with Crippen molar-refractivity contribution >= 4 is 29.9 Å².